The number of aliphatic hydroxyl groups is 1. The molecule has 0 saturated heterocycles. The maximum Gasteiger partial charge on any atom is 0.421 e. The maximum atomic E-state index is 13.0. The first-order chi connectivity index (χ1) is 8.70. The standard InChI is InChI=1S/C13H16F3NO2/c1-3-8-12(19,13(14,15)16)10-4-6-11(7-5-10)17-9(2)18/h4-7,19H,3,8H2,1-2H3,(H,17,18). The van der Waals surface area contributed by atoms with Crippen LogP contribution in [0.25, 0.3) is 0 Å². The van der Waals surface area contributed by atoms with Gasteiger partial charge in [0.1, 0.15) is 0 Å². The summed E-state index contributed by atoms with van der Waals surface area (Å²) >= 11 is 0. The second kappa shape index (κ2) is 5.61. The van der Waals surface area contributed by atoms with Crippen LogP contribution in [0.2, 0.25) is 0 Å². The van der Waals surface area contributed by atoms with Crippen molar-refractivity contribution in [2.45, 2.75) is 38.5 Å². The summed E-state index contributed by atoms with van der Waals surface area (Å²) in [7, 11) is 0. The van der Waals surface area contributed by atoms with Crippen LogP contribution in [0, 0.1) is 0 Å². The van der Waals surface area contributed by atoms with Crippen LogP contribution in [0.1, 0.15) is 32.3 Å². The van der Waals surface area contributed by atoms with Crippen molar-refractivity contribution in [1.29, 1.82) is 0 Å². The summed E-state index contributed by atoms with van der Waals surface area (Å²) in [4.78, 5) is 10.8. The first kappa shape index (κ1) is 15.5. The summed E-state index contributed by atoms with van der Waals surface area (Å²) < 4.78 is 38.9. The molecule has 0 saturated carbocycles. The lowest BCUT2D eigenvalue weighted by atomic mass is 9.88. The van der Waals surface area contributed by atoms with Crippen molar-refractivity contribution in [3.05, 3.63) is 29.8 Å². The minimum absolute atomic E-state index is 0.198. The Morgan fingerprint density at radius 1 is 1.26 bits per heavy atom. The highest BCUT2D eigenvalue weighted by atomic mass is 19.4. The van der Waals surface area contributed by atoms with Crippen LogP contribution in [0.5, 0.6) is 0 Å². The van der Waals surface area contributed by atoms with E-state index in [1.54, 1.807) is 6.92 Å². The summed E-state index contributed by atoms with van der Waals surface area (Å²) in [6.45, 7) is 2.87. The highest BCUT2D eigenvalue weighted by Gasteiger charge is 2.53. The molecule has 19 heavy (non-hydrogen) atoms. The van der Waals surface area contributed by atoms with E-state index < -0.39 is 18.2 Å². The first-order valence-electron chi connectivity index (χ1n) is 5.88. The van der Waals surface area contributed by atoms with Crippen LogP contribution in [-0.2, 0) is 10.4 Å². The largest absolute Gasteiger partial charge is 0.421 e. The molecule has 1 rings (SSSR count). The monoisotopic (exact) mass is 275 g/mol. The Morgan fingerprint density at radius 2 is 1.79 bits per heavy atom. The van der Waals surface area contributed by atoms with Crippen LogP contribution in [0.3, 0.4) is 0 Å². The van der Waals surface area contributed by atoms with E-state index in [0.717, 1.165) is 0 Å². The summed E-state index contributed by atoms with van der Waals surface area (Å²) in [5.74, 6) is -0.313. The molecule has 1 aromatic rings. The second-order valence-corrected chi connectivity index (χ2v) is 4.37. The number of hydrogen-bond acceptors (Lipinski definition) is 2. The predicted molar refractivity (Wildman–Crippen MR) is 65.6 cm³/mol. The van der Waals surface area contributed by atoms with E-state index in [4.69, 9.17) is 0 Å². The van der Waals surface area contributed by atoms with Gasteiger partial charge >= 0.3 is 6.18 Å². The third-order valence-electron chi connectivity index (χ3n) is 2.76. The lowest BCUT2D eigenvalue weighted by molar-refractivity contribution is -0.269. The number of rotatable bonds is 4. The van der Waals surface area contributed by atoms with E-state index in [2.05, 4.69) is 5.32 Å². The van der Waals surface area contributed by atoms with E-state index >= 15 is 0 Å². The Kier molecular flexibility index (Phi) is 4.57. The van der Waals surface area contributed by atoms with Crippen molar-refractivity contribution in [3.8, 4) is 0 Å². The van der Waals surface area contributed by atoms with Crippen LogP contribution >= 0.6 is 0 Å². The van der Waals surface area contributed by atoms with Gasteiger partial charge in [-0.15, -0.1) is 0 Å². The highest BCUT2D eigenvalue weighted by molar-refractivity contribution is 5.88. The molecule has 0 spiro atoms. The average molecular weight is 275 g/mol. The Bertz CT molecular complexity index is 442. The van der Waals surface area contributed by atoms with Gasteiger partial charge < -0.3 is 10.4 Å². The molecule has 0 bridgehead atoms. The zero-order valence-corrected chi connectivity index (χ0v) is 10.7. The highest BCUT2D eigenvalue weighted by Crippen LogP contribution is 2.42. The van der Waals surface area contributed by atoms with Crippen LogP contribution in [0.4, 0.5) is 18.9 Å². The van der Waals surface area contributed by atoms with E-state index in [1.165, 1.54) is 31.2 Å². The number of amides is 1. The smallest absolute Gasteiger partial charge is 0.376 e. The molecule has 0 aliphatic carbocycles. The molecule has 0 fully saturated rings. The van der Waals surface area contributed by atoms with E-state index in [1.807, 2.05) is 0 Å². The van der Waals surface area contributed by atoms with Gasteiger partial charge in [0.15, 0.2) is 5.60 Å². The second-order valence-electron chi connectivity index (χ2n) is 4.37. The number of carbonyl (C=O) groups excluding carboxylic acids is 1. The number of carbonyl (C=O) groups is 1. The van der Waals surface area contributed by atoms with Crippen molar-refractivity contribution in [3.63, 3.8) is 0 Å². The third kappa shape index (κ3) is 3.47. The minimum Gasteiger partial charge on any atom is -0.376 e. The van der Waals surface area contributed by atoms with Crippen LogP contribution in [0.15, 0.2) is 24.3 Å². The summed E-state index contributed by atoms with van der Waals surface area (Å²) in [6.07, 6.45) is -4.95. The normalized spacial score (nSPS) is 14.8. The van der Waals surface area contributed by atoms with Gasteiger partial charge in [-0.3, -0.25) is 4.79 Å². The van der Waals surface area contributed by atoms with Gasteiger partial charge in [-0.25, -0.2) is 0 Å². The number of benzene rings is 1. The number of nitrogens with one attached hydrogen (secondary N) is 1. The lowest BCUT2D eigenvalue weighted by Gasteiger charge is -2.30. The molecule has 3 nitrogen and oxygen atoms in total. The number of hydrogen-bond donors (Lipinski definition) is 2. The predicted octanol–water partition coefficient (Wildman–Crippen LogP) is 3.20. The topological polar surface area (TPSA) is 49.3 Å². The SMILES string of the molecule is CCCC(O)(c1ccc(NC(C)=O)cc1)C(F)(F)F. The fourth-order valence-electron chi connectivity index (χ4n) is 1.84. The Balaban J connectivity index is 3.08. The van der Waals surface area contributed by atoms with E-state index in [-0.39, 0.29) is 17.9 Å². The minimum atomic E-state index is -4.74. The molecule has 0 radical (unpaired) electrons. The molecule has 6 heteroatoms. The zero-order chi connectivity index (χ0) is 14.7. The fraction of sp³-hybridized carbons (Fsp3) is 0.462. The molecule has 1 aromatic carbocycles. The molecule has 1 atom stereocenters. The summed E-state index contributed by atoms with van der Waals surface area (Å²) in [5, 5.41) is 12.3. The van der Waals surface area contributed by atoms with Crippen LogP contribution < -0.4 is 5.32 Å². The van der Waals surface area contributed by atoms with Gasteiger partial charge in [-0.05, 0) is 24.1 Å². The molecule has 1 unspecified atom stereocenters. The third-order valence-corrected chi connectivity index (χ3v) is 2.76. The van der Waals surface area contributed by atoms with Crippen molar-refractivity contribution in [2.75, 3.05) is 5.32 Å². The van der Waals surface area contributed by atoms with Gasteiger partial charge in [0, 0.05) is 12.6 Å². The molecule has 1 amide bonds. The molecule has 0 heterocycles. The summed E-state index contributed by atoms with van der Waals surface area (Å²) in [6, 6.07) is 5.02. The fourth-order valence-corrected chi connectivity index (χ4v) is 1.84. The maximum absolute atomic E-state index is 13.0. The van der Waals surface area contributed by atoms with E-state index in [0.29, 0.717) is 5.69 Å². The van der Waals surface area contributed by atoms with Crippen molar-refractivity contribution < 1.29 is 23.1 Å². The number of halogens is 3. The van der Waals surface area contributed by atoms with E-state index in [9.17, 15) is 23.1 Å². The molecule has 106 valence electrons. The van der Waals surface area contributed by atoms with Gasteiger partial charge in [-0.1, -0.05) is 25.5 Å². The molecular weight excluding hydrogens is 259 g/mol. The van der Waals surface area contributed by atoms with Gasteiger partial charge in [0.25, 0.3) is 0 Å². The lowest BCUT2D eigenvalue weighted by Crippen LogP contribution is -2.42. The molecule has 0 aliphatic rings. The average Bonchev–Trinajstić information content (AvgIpc) is 2.27. The van der Waals surface area contributed by atoms with Crippen molar-refractivity contribution >= 4 is 11.6 Å². The van der Waals surface area contributed by atoms with Gasteiger partial charge in [0.2, 0.25) is 5.91 Å². The molecule has 0 aromatic heterocycles. The quantitative estimate of drug-likeness (QED) is 0.886. The molecule has 0 aliphatic heterocycles. The summed E-state index contributed by atoms with van der Waals surface area (Å²) in [5.41, 5.74) is -2.69. The van der Waals surface area contributed by atoms with Crippen molar-refractivity contribution in [1.82, 2.24) is 0 Å². The molecular formula is C13H16F3NO2. The Hall–Kier alpha value is -1.56. The Morgan fingerprint density at radius 3 is 2.16 bits per heavy atom. The van der Waals surface area contributed by atoms with Crippen LogP contribution in [-0.4, -0.2) is 17.2 Å². The number of anilines is 1. The Labute approximate surface area is 109 Å². The van der Waals surface area contributed by atoms with Crippen molar-refractivity contribution in [2.24, 2.45) is 0 Å². The zero-order valence-electron chi connectivity index (χ0n) is 10.7. The van der Waals surface area contributed by atoms with Gasteiger partial charge in [-0.2, -0.15) is 13.2 Å². The number of alkyl halides is 3. The molecule has 2 N–H and O–H groups in total. The first-order valence-corrected chi connectivity index (χ1v) is 5.88. The van der Waals surface area contributed by atoms with Gasteiger partial charge in [0.05, 0.1) is 0 Å².